The predicted octanol–water partition coefficient (Wildman–Crippen LogP) is -1.43. The lowest BCUT2D eigenvalue weighted by Crippen LogP contribution is -2.74. The van der Waals surface area contributed by atoms with Gasteiger partial charge in [0.2, 0.25) is 5.91 Å². The predicted molar refractivity (Wildman–Crippen MR) is 119 cm³/mol. The third kappa shape index (κ3) is 3.25. The Morgan fingerprint density at radius 3 is 2.23 bits per heavy atom. The number of carbonyl (C=O) groups is 6. The second-order valence-corrected chi connectivity index (χ2v) is 9.97. The first-order chi connectivity index (χ1) is 16.2. The van der Waals surface area contributed by atoms with Crippen molar-refractivity contribution in [1.29, 1.82) is 0 Å². The standard InChI is InChI=1S/C24H27N3O8/c1-26(2)17-12-8-9-7-11-10(23(34)27(3)4)5-6-13(28)15(11)18(29)14(9)20(31)24(12,35)21(32)16(19(17)30)22(25)33/h5-6,9,12,14,16-17,28,35H,7-8H2,1-4H3,(H2,25,33)/t9-,12-,14?,16?,17?,24?/m0/s1. The highest BCUT2D eigenvalue weighted by molar-refractivity contribution is 6.32. The van der Waals surface area contributed by atoms with Crippen LogP contribution in [0, 0.1) is 23.7 Å². The lowest BCUT2D eigenvalue weighted by atomic mass is 9.52. The molecule has 3 aliphatic carbocycles. The van der Waals surface area contributed by atoms with Crippen LogP contribution in [0.5, 0.6) is 5.75 Å². The number of likely N-dealkylation sites (N-methyl/N-ethyl adjacent to an activating group) is 1. The van der Waals surface area contributed by atoms with Crippen molar-refractivity contribution in [3.8, 4) is 5.75 Å². The topological polar surface area (TPSA) is 175 Å². The summed E-state index contributed by atoms with van der Waals surface area (Å²) in [6, 6.07) is 1.41. The number of nitrogens with two attached hydrogens (primary N) is 1. The monoisotopic (exact) mass is 485 g/mol. The van der Waals surface area contributed by atoms with Crippen molar-refractivity contribution in [2.75, 3.05) is 28.2 Å². The maximum Gasteiger partial charge on any atom is 0.253 e. The molecule has 11 nitrogen and oxygen atoms in total. The van der Waals surface area contributed by atoms with E-state index in [4.69, 9.17) is 5.73 Å². The first-order valence-electron chi connectivity index (χ1n) is 11.2. The number of aliphatic hydroxyl groups is 1. The summed E-state index contributed by atoms with van der Waals surface area (Å²) in [4.78, 5) is 81.0. The van der Waals surface area contributed by atoms with Crippen LogP contribution in [-0.2, 0) is 25.6 Å². The Morgan fingerprint density at radius 2 is 1.69 bits per heavy atom. The third-order valence-electron chi connectivity index (χ3n) is 7.58. The van der Waals surface area contributed by atoms with E-state index < -0.39 is 76.0 Å². The Hall–Kier alpha value is -3.44. The van der Waals surface area contributed by atoms with Crippen molar-refractivity contribution in [3.63, 3.8) is 0 Å². The van der Waals surface area contributed by atoms with Crippen LogP contribution in [0.1, 0.15) is 32.7 Å². The van der Waals surface area contributed by atoms with Gasteiger partial charge in [-0.15, -0.1) is 0 Å². The van der Waals surface area contributed by atoms with Gasteiger partial charge in [0.1, 0.15) is 5.75 Å². The van der Waals surface area contributed by atoms with Gasteiger partial charge < -0.3 is 20.8 Å². The Labute approximate surface area is 200 Å². The first kappa shape index (κ1) is 24.7. The van der Waals surface area contributed by atoms with Gasteiger partial charge >= 0.3 is 0 Å². The second kappa shape index (κ2) is 8.06. The van der Waals surface area contributed by atoms with Gasteiger partial charge in [-0.25, -0.2) is 0 Å². The summed E-state index contributed by atoms with van der Waals surface area (Å²) in [7, 11) is 6.10. The number of benzene rings is 1. The van der Waals surface area contributed by atoms with E-state index in [1.165, 1.54) is 50.1 Å². The highest BCUT2D eigenvalue weighted by atomic mass is 16.3. The molecule has 0 saturated heterocycles. The number of amides is 2. The van der Waals surface area contributed by atoms with Gasteiger partial charge in [0.25, 0.3) is 5.91 Å². The van der Waals surface area contributed by atoms with Crippen LogP contribution in [0.25, 0.3) is 0 Å². The van der Waals surface area contributed by atoms with E-state index in [0.29, 0.717) is 0 Å². The van der Waals surface area contributed by atoms with Crippen LogP contribution in [0.3, 0.4) is 0 Å². The minimum Gasteiger partial charge on any atom is -0.507 e. The molecule has 35 heavy (non-hydrogen) atoms. The molecule has 0 heterocycles. The summed E-state index contributed by atoms with van der Waals surface area (Å²) >= 11 is 0. The molecule has 4 N–H and O–H groups in total. The smallest absolute Gasteiger partial charge is 0.253 e. The molecule has 0 spiro atoms. The molecule has 4 rings (SSSR count). The minimum absolute atomic E-state index is 0.0369. The molecule has 2 amide bonds. The average molecular weight is 485 g/mol. The lowest BCUT2D eigenvalue weighted by molar-refractivity contribution is -0.181. The van der Waals surface area contributed by atoms with Crippen molar-refractivity contribution in [2.24, 2.45) is 29.4 Å². The molecule has 1 aromatic rings. The van der Waals surface area contributed by atoms with Crippen molar-refractivity contribution in [1.82, 2.24) is 9.80 Å². The molecule has 2 saturated carbocycles. The number of hydrogen-bond acceptors (Lipinski definition) is 9. The van der Waals surface area contributed by atoms with E-state index in [0.717, 1.165) is 0 Å². The van der Waals surface area contributed by atoms with Crippen LogP contribution < -0.4 is 5.73 Å². The molecule has 0 aliphatic heterocycles. The SMILES string of the molecule is CN(C)C(=O)c1ccc(O)c2c1C[C@H]1C[C@H]3C(N(C)C)C(=O)C(C(N)=O)C(=O)C3(O)C(=O)C1C2=O. The molecular weight excluding hydrogens is 458 g/mol. The van der Waals surface area contributed by atoms with Gasteiger partial charge in [-0.1, -0.05) is 0 Å². The first-order valence-corrected chi connectivity index (χ1v) is 11.2. The van der Waals surface area contributed by atoms with Crippen molar-refractivity contribution < 1.29 is 39.0 Å². The number of hydrogen-bond donors (Lipinski definition) is 3. The van der Waals surface area contributed by atoms with Gasteiger partial charge in [0, 0.05) is 25.6 Å². The summed E-state index contributed by atoms with van der Waals surface area (Å²) in [5.74, 6) is -11.6. The zero-order valence-electron chi connectivity index (χ0n) is 19.8. The highest BCUT2D eigenvalue weighted by Gasteiger charge is 2.69. The van der Waals surface area contributed by atoms with Crippen LogP contribution in [-0.4, -0.2) is 94.8 Å². The number of aromatic hydroxyl groups is 1. The van der Waals surface area contributed by atoms with E-state index in [1.807, 2.05) is 0 Å². The van der Waals surface area contributed by atoms with Crippen LogP contribution >= 0.6 is 0 Å². The number of nitrogens with zero attached hydrogens (tertiary/aromatic N) is 2. The molecule has 0 bridgehead atoms. The maximum atomic E-state index is 13.7. The van der Waals surface area contributed by atoms with E-state index in [9.17, 15) is 39.0 Å². The van der Waals surface area contributed by atoms with Gasteiger partial charge in [0.05, 0.1) is 17.5 Å². The molecule has 3 aliphatic rings. The van der Waals surface area contributed by atoms with Crippen LogP contribution in [0.15, 0.2) is 12.1 Å². The number of Topliss-reactive ketones (excluding diaryl/α,β-unsaturated/α-hetero) is 4. The minimum atomic E-state index is -2.77. The Bertz CT molecular complexity index is 1210. The van der Waals surface area contributed by atoms with Crippen LogP contribution in [0.4, 0.5) is 0 Å². The van der Waals surface area contributed by atoms with E-state index in [2.05, 4.69) is 0 Å². The molecular formula is C24H27N3O8. The summed E-state index contributed by atoms with van der Waals surface area (Å²) < 4.78 is 0. The van der Waals surface area contributed by atoms with Crippen LogP contribution in [0.2, 0.25) is 0 Å². The molecule has 186 valence electrons. The van der Waals surface area contributed by atoms with Crippen molar-refractivity contribution in [2.45, 2.75) is 24.5 Å². The average Bonchev–Trinajstić information content (AvgIpc) is 2.75. The Balaban J connectivity index is 1.89. The number of fused-ring (bicyclic) bond motifs is 3. The molecule has 6 atom stereocenters. The number of primary amides is 1. The fraction of sp³-hybridized carbons (Fsp3) is 0.500. The maximum absolute atomic E-state index is 13.7. The van der Waals surface area contributed by atoms with E-state index in [-0.39, 0.29) is 29.5 Å². The van der Waals surface area contributed by atoms with Crippen molar-refractivity contribution in [3.05, 3.63) is 28.8 Å². The summed E-state index contributed by atoms with van der Waals surface area (Å²) in [6.45, 7) is 0. The van der Waals surface area contributed by atoms with E-state index in [1.54, 1.807) is 0 Å². The number of phenols is 1. The molecule has 4 unspecified atom stereocenters. The molecule has 2 fully saturated rings. The highest BCUT2D eigenvalue weighted by Crippen LogP contribution is 2.51. The summed E-state index contributed by atoms with van der Waals surface area (Å²) in [5.41, 5.74) is 2.78. The lowest BCUT2D eigenvalue weighted by Gasteiger charge is -2.52. The molecule has 0 aromatic heterocycles. The Kier molecular flexibility index (Phi) is 5.68. The largest absolute Gasteiger partial charge is 0.507 e. The van der Waals surface area contributed by atoms with Gasteiger partial charge in [-0.2, -0.15) is 0 Å². The summed E-state index contributed by atoms with van der Waals surface area (Å²) in [6.07, 6.45) is -0.0374. The second-order valence-electron chi connectivity index (χ2n) is 9.97. The van der Waals surface area contributed by atoms with Crippen molar-refractivity contribution >= 4 is 34.9 Å². The molecule has 11 heteroatoms. The number of rotatable bonds is 3. The normalized spacial score (nSPS) is 32.1. The quantitative estimate of drug-likeness (QED) is 0.433. The molecule has 0 radical (unpaired) electrons. The van der Waals surface area contributed by atoms with E-state index >= 15 is 0 Å². The third-order valence-corrected chi connectivity index (χ3v) is 7.58. The fourth-order valence-corrected chi connectivity index (χ4v) is 6.05. The fourth-order valence-electron chi connectivity index (χ4n) is 6.05. The van der Waals surface area contributed by atoms with Gasteiger partial charge in [-0.3, -0.25) is 33.7 Å². The summed E-state index contributed by atoms with van der Waals surface area (Å²) in [5, 5.41) is 22.0. The Morgan fingerprint density at radius 1 is 1.06 bits per heavy atom. The number of ketones is 4. The van der Waals surface area contributed by atoms with Gasteiger partial charge in [0.15, 0.2) is 34.7 Å². The zero-order chi connectivity index (χ0) is 26.1. The molecule has 1 aromatic carbocycles. The zero-order valence-corrected chi connectivity index (χ0v) is 19.8. The number of carbonyl (C=O) groups excluding carboxylic acids is 6. The number of phenolic OH excluding ortho intramolecular Hbond substituents is 1. The van der Waals surface area contributed by atoms with Gasteiger partial charge in [-0.05, 0) is 50.6 Å².